The predicted octanol–water partition coefficient (Wildman–Crippen LogP) is 4.99. The SMILES string of the molecule is CC(C)(C)OC(=O)N1C[C@H](O)C[C@@H]1C(=O)N(c1ccc(C2CC2)cc1F)C(C(=O)NC1CCCCC1)c1cccnc1. The van der Waals surface area contributed by atoms with Crippen molar-refractivity contribution in [2.75, 3.05) is 11.4 Å². The molecular formula is C32H41FN4O5. The van der Waals surface area contributed by atoms with Crippen molar-refractivity contribution in [1.29, 1.82) is 0 Å². The number of rotatable bonds is 7. The van der Waals surface area contributed by atoms with Crippen LogP contribution in [0, 0.1) is 5.82 Å². The lowest BCUT2D eigenvalue weighted by molar-refractivity contribution is -0.129. The van der Waals surface area contributed by atoms with E-state index in [2.05, 4.69) is 10.3 Å². The molecule has 1 aromatic heterocycles. The fourth-order valence-electron chi connectivity index (χ4n) is 5.99. The number of ether oxygens (including phenoxy) is 1. The average Bonchev–Trinajstić information content (AvgIpc) is 3.72. The summed E-state index contributed by atoms with van der Waals surface area (Å²) in [5.74, 6) is -1.47. The fourth-order valence-corrected chi connectivity index (χ4v) is 5.99. The van der Waals surface area contributed by atoms with Crippen molar-refractivity contribution in [3.05, 3.63) is 59.7 Å². The second kappa shape index (κ2) is 12.4. The Kier molecular flexibility index (Phi) is 8.82. The van der Waals surface area contributed by atoms with Gasteiger partial charge in [-0.25, -0.2) is 9.18 Å². The Hall–Kier alpha value is -3.53. The molecule has 42 heavy (non-hydrogen) atoms. The number of nitrogens with one attached hydrogen (secondary N) is 1. The predicted molar refractivity (Wildman–Crippen MR) is 155 cm³/mol. The lowest BCUT2D eigenvalue weighted by atomic mass is 9.94. The summed E-state index contributed by atoms with van der Waals surface area (Å²) < 4.78 is 21.5. The van der Waals surface area contributed by atoms with Crippen molar-refractivity contribution in [1.82, 2.24) is 15.2 Å². The van der Waals surface area contributed by atoms with Gasteiger partial charge in [-0.15, -0.1) is 0 Å². The molecule has 0 spiro atoms. The number of nitrogens with zero attached hydrogens (tertiary/aromatic N) is 3. The highest BCUT2D eigenvalue weighted by molar-refractivity contribution is 6.05. The Morgan fingerprint density at radius 1 is 1.12 bits per heavy atom. The minimum Gasteiger partial charge on any atom is -0.444 e. The van der Waals surface area contributed by atoms with Crippen LogP contribution in [0.25, 0.3) is 0 Å². The van der Waals surface area contributed by atoms with Gasteiger partial charge in [0.15, 0.2) is 0 Å². The van der Waals surface area contributed by atoms with E-state index >= 15 is 4.39 Å². The molecule has 9 nitrogen and oxygen atoms in total. The van der Waals surface area contributed by atoms with Crippen LogP contribution in [0.3, 0.4) is 0 Å². The first-order valence-electron chi connectivity index (χ1n) is 15.0. The number of carbonyl (C=O) groups is 3. The van der Waals surface area contributed by atoms with Gasteiger partial charge >= 0.3 is 6.09 Å². The van der Waals surface area contributed by atoms with Crippen molar-refractivity contribution < 1.29 is 28.6 Å². The summed E-state index contributed by atoms with van der Waals surface area (Å²) in [5.41, 5.74) is 0.357. The third kappa shape index (κ3) is 6.91. The number of halogens is 1. The molecular weight excluding hydrogens is 539 g/mol. The van der Waals surface area contributed by atoms with E-state index in [4.69, 9.17) is 4.74 Å². The topological polar surface area (TPSA) is 112 Å². The molecule has 3 amide bonds. The molecule has 2 saturated carbocycles. The number of likely N-dealkylation sites (tertiary alicyclic amines) is 1. The highest BCUT2D eigenvalue weighted by Gasteiger charge is 2.46. The van der Waals surface area contributed by atoms with Gasteiger partial charge in [0, 0.05) is 30.4 Å². The van der Waals surface area contributed by atoms with Crippen LogP contribution in [0.5, 0.6) is 0 Å². The third-order valence-corrected chi connectivity index (χ3v) is 8.17. The molecule has 2 heterocycles. The van der Waals surface area contributed by atoms with Crippen LogP contribution >= 0.6 is 0 Å². The zero-order valence-electron chi connectivity index (χ0n) is 24.6. The standard InChI is InChI=1S/C32H41FN4O5/c1-32(2,3)42-31(41)36-19-24(38)17-27(36)30(40)37(26-14-13-21(16-25(26)33)20-11-12-20)28(22-8-7-15-34-18-22)29(39)35-23-9-5-4-6-10-23/h7-8,13-16,18,20,23-24,27-28,38H,4-6,9-12,17,19H2,1-3H3,(H,35,39)/t24-,27-,28?/m1/s1. The van der Waals surface area contributed by atoms with E-state index in [1.54, 1.807) is 51.2 Å². The second-order valence-corrected chi connectivity index (χ2v) is 12.8. The first-order chi connectivity index (χ1) is 20.0. The number of aliphatic hydroxyl groups excluding tert-OH is 1. The van der Waals surface area contributed by atoms with Gasteiger partial charge in [-0.05, 0) is 76.1 Å². The number of pyridine rings is 1. The molecule has 2 aromatic rings. The van der Waals surface area contributed by atoms with Crippen molar-refractivity contribution in [3.63, 3.8) is 0 Å². The average molecular weight is 581 g/mol. The van der Waals surface area contributed by atoms with E-state index in [1.807, 2.05) is 0 Å². The maximum atomic E-state index is 16.0. The van der Waals surface area contributed by atoms with Gasteiger partial charge < -0.3 is 15.2 Å². The Bertz CT molecular complexity index is 1290. The Balaban J connectivity index is 1.57. The van der Waals surface area contributed by atoms with Crippen LogP contribution in [-0.4, -0.2) is 63.2 Å². The molecule has 3 aliphatic rings. The third-order valence-electron chi connectivity index (χ3n) is 8.17. The number of aliphatic hydroxyl groups is 1. The number of amides is 3. The van der Waals surface area contributed by atoms with Crippen LogP contribution in [0.1, 0.15) is 95.2 Å². The molecule has 1 aliphatic heterocycles. The molecule has 0 bridgehead atoms. The van der Waals surface area contributed by atoms with E-state index in [0.717, 1.165) is 55.4 Å². The number of β-amino-alcohol motifs (C(OH)–C–C–N with tert-alkyl or cyclic N) is 1. The van der Waals surface area contributed by atoms with Gasteiger partial charge in [0.2, 0.25) is 5.91 Å². The van der Waals surface area contributed by atoms with E-state index in [1.165, 1.54) is 17.2 Å². The van der Waals surface area contributed by atoms with Gasteiger partial charge in [-0.1, -0.05) is 31.4 Å². The quantitative estimate of drug-likeness (QED) is 0.477. The summed E-state index contributed by atoms with van der Waals surface area (Å²) in [4.78, 5) is 48.4. The molecule has 10 heteroatoms. The number of anilines is 1. The molecule has 2 N–H and O–H groups in total. The second-order valence-electron chi connectivity index (χ2n) is 12.8. The number of benzene rings is 1. The maximum absolute atomic E-state index is 16.0. The van der Waals surface area contributed by atoms with Gasteiger partial charge in [0.1, 0.15) is 23.5 Å². The Morgan fingerprint density at radius 2 is 1.86 bits per heavy atom. The van der Waals surface area contributed by atoms with Crippen LogP contribution in [0.2, 0.25) is 0 Å². The van der Waals surface area contributed by atoms with Crippen molar-refractivity contribution in [2.24, 2.45) is 0 Å². The zero-order chi connectivity index (χ0) is 30.0. The lowest BCUT2D eigenvalue weighted by Crippen LogP contribution is -2.53. The zero-order valence-corrected chi connectivity index (χ0v) is 24.6. The normalized spacial score (nSPS) is 22.0. The smallest absolute Gasteiger partial charge is 0.411 e. The molecule has 1 saturated heterocycles. The minimum atomic E-state index is -1.26. The largest absolute Gasteiger partial charge is 0.444 e. The molecule has 3 fully saturated rings. The maximum Gasteiger partial charge on any atom is 0.411 e. The summed E-state index contributed by atoms with van der Waals surface area (Å²) in [7, 11) is 0. The molecule has 1 aromatic carbocycles. The Labute approximate surface area is 246 Å². The summed E-state index contributed by atoms with van der Waals surface area (Å²) in [5, 5.41) is 13.7. The van der Waals surface area contributed by atoms with Gasteiger partial charge in [-0.3, -0.25) is 24.4 Å². The molecule has 5 rings (SSSR count). The molecule has 3 atom stereocenters. The van der Waals surface area contributed by atoms with Crippen LogP contribution in [0.4, 0.5) is 14.9 Å². The fraction of sp³-hybridized carbons (Fsp3) is 0.562. The van der Waals surface area contributed by atoms with Gasteiger partial charge in [0.05, 0.1) is 18.3 Å². The summed E-state index contributed by atoms with van der Waals surface area (Å²) in [6, 6.07) is 5.64. The summed E-state index contributed by atoms with van der Waals surface area (Å²) >= 11 is 0. The minimum absolute atomic E-state index is 0.0592. The molecule has 226 valence electrons. The van der Waals surface area contributed by atoms with Crippen molar-refractivity contribution in [2.45, 2.75) is 108 Å². The molecule has 1 unspecified atom stereocenters. The number of carbonyl (C=O) groups excluding carboxylic acids is 3. The van der Waals surface area contributed by atoms with Crippen LogP contribution in [-0.2, 0) is 14.3 Å². The summed E-state index contributed by atoms with van der Waals surface area (Å²) in [6.45, 7) is 5.02. The van der Waals surface area contributed by atoms with Gasteiger partial charge in [-0.2, -0.15) is 0 Å². The molecule has 0 radical (unpaired) electrons. The van der Waals surface area contributed by atoms with Crippen molar-refractivity contribution in [3.8, 4) is 0 Å². The van der Waals surface area contributed by atoms with E-state index < -0.39 is 47.5 Å². The van der Waals surface area contributed by atoms with Crippen LogP contribution in [0.15, 0.2) is 42.7 Å². The van der Waals surface area contributed by atoms with Crippen molar-refractivity contribution >= 4 is 23.6 Å². The summed E-state index contributed by atoms with van der Waals surface area (Å²) in [6.07, 6.45) is 7.95. The number of hydrogen-bond donors (Lipinski definition) is 2. The number of aromatic nitrogens is 1. The van der Waals surface area contributed by atoms with Crippen LogP contribution < -0.4 is 10.2 Å². The first kappa shape index (κ1) is 29.9. The Morgan fingerprint density at radius 3 is 2.48 bits per heavy atom. The first-order valence-corrected chi connectivity index (χ1v) is 15.0. The van der Waals surface area contributed by atoms with Gasteiger partial charge in [0.25, 0.3) is 5.91 Å². The highest BCUT2D eigenvalue weighted by atomic mass is 19.1. The van der Waals surface area contributed by atoms with E-state index in [-0.39, 0.29) is 30.6 Å². The lowest BCUT2D eigenvalue weighted by Gasteiger charge is -2.36. The number of hydrogen-bond acceptors (Lipinski definition) is 6. The van der Waals surface area contributed by atoms with E-state index in [9.17, 15) is 19.5 Å². The monoisotopic (exact) mass is 580 g/mol. The highest BCUT2D eigenvalue weighted by Crippen LogP contribution is 2.42. The van der Waals surface area contributed by atoms with E-state index in [0.29, 0.717) is 5.56 Å². The molecule has 2 aliphatic carbocycles.